The molecule has 0 aliphatic heterocycles. The van der Waals surface area contributed by atoms with Crippen LogP contribution >= 0.6 is 15.9 Å². The number of pyridine rings is 1. The molecule has 1 aliphatic carbocycles. The SMILES string of the molecule is CN(CC1(O)CCCC1)c1ncccc1Br. The molecule has 0 spiro atoms. The van der Waals surface area contributed by atoms with E-state index in [4.69, 9.17) is 0 Å². The Balaban J connectivity index is 2.08. The molecule has 4 heteroatoms. The van der Waals surface area contributed by atoms with Gasteiger partial charge in [-0.3, -0.25) is 0 Å². The zero-order valence-corrected chi connectivity index (χ0v) is 11.1. The van der Waals surface area contributed by atoms with Crippen molar-refractivity contribution in [1.82, 2.24) is 4.98 Å². The molecule has 1 N–H and O–H groups in total. The Morgan fingerprint density at radius 3 is 2.81 bits per heavy atom. The van der Waals surface area contributed by atoms with Gasteiger partial charge in [0.1, 0.15) is 5.82 Å². The summed E-state index contributed by atoms with van der Waals surface area (Å²) in [4.78, 5) is 6.34. The van der Waals surface area contributed by atoms with Crippen molar-refractivity contribution >= 4 is 21.7 Å². The molecule has 1 aliphatic rings. The Bertz CT molecular complexity index is 364. The lowest BCUT2D eigenvalue weighted by Gasteiger charge is -2.29. The third-order valence-corrected chi connectivity index (χ3v) is 3.79. The van der Waals surface area contributed by atoms with E-state index in [1.54, 1.807) is 6.20 Å². The lowest BCUT2D eigenvalue weighted by molar-refractivity contribution is 0.0557. The Morgan fingerprint density at radius 1 is 1.50 bits per heavy atom. The maximum Gasteiger partial charge on any atom is 0.142 e. The van der Waals surface area contributed by atoms with Crippen molar-refractivity contribution in [1.29, 1.82) is 0 Å². The van der Waals surface area contributed by atoms with E-state index >= 15 is 0 Å². The van der Waals surface area contributed by atoms with Gasteiger partial charge in [-0.05, 0) is 40.9 Å². The molecule has 1 heterocycles. The van der Waals surface area contributed by atoms with Crippen LogP contribution in [0.1, 0.15) is 25.7 Å². The molecular formula is C12H17BrN2O. The highest BCUT2D eigenvalue weighted by Gasteiger charge is 2.32. The van der Waals surface area contributed by atoms with Gasteiger partial charge in [-0.25, -0.2) is 4.98 Å². The summed E-state index contributed by atoms with van der Waals surface area (Å²) in [6.45, 7) is 0.655. The van der Waals surface area contributed by atoms with Crippen molar-refractivity contribution in [3.63, 3.8) is 0 Å². The van der Waals surface area contributed by atoms with Gasteiger partial charge in [-0.15, -0.1) is 0 Å². The van der Waals surface area contributed by atoms with Crippen LogP contribution in [0.25, 0.3) is 0 Å². The van der Waals surface area contributed by atoms with E-state index in [1.165, 1.54) is 0 Å². The lowest BCUT2D eigenvalue weighted by Crippen LogP contribution is -2.39. The Hall–Kier alpha value is -0.610. The molecule has 1 aromatic heterocycles. The number of halogens is 1. The zero-order chi connectivity index (χ0) is 11.6. The van der Waals surface area contributed by atoms with Gasteiger partial charge in [0, 0.05) is 19.8 Å². The molecule has 0 unspecified atom stereocenters. The highest BCUT2D eigenvalue weighted by atomic mass is 79.9. The van der Waals surface area contributed by atoms with Crippen LogP contribution in [0.15, 0.2) is 22.8 Å². The summed E-state index contributed by atoms with van der Waals surface area (Å²) in [7, 11) is 1.98. The van der Waals surface area contributed by atoms with Gasteiger partial charge in [-0.1, -0.05) is 12.8 Å². The quantitative estimate of drug-likeness (QED) is 0.927. The summed E-state index contributed by atoms with van der Waals surface area (Å²) in [5.74, 6) is 0.892. The summed E-state index contributed by atoms with van der Waals surface area (Å²) in [5.41, 5.74) is -0.522. The molecule has 2 rings (SSSR count). The van der Waals surface area contributed by atoms with Crippen molar-refractivity contribution in [3.05, 3.63) is 22.8 Å². The Kier molecular flexibility index (Phi) is 3.50. The molecule has 3 nitrogen and oxygen atoms in total. The third-order valence-electron chi connectivity index (χ3n) is 3.17. The predicted octanol–water partition coefficient (Wildman–Crippen LogP) is 2.59. The predicted molar refractivity (Wildman–Crippen MR) is 68.6 cm³/mol. The molecule has 0 bridgehead atoms. The second kappa shape index (κ2) is 4.72. The van der Waals surface area contributed by atoms with Gasteiger partial charge in [0.25, 0.3) is 0 Å². The van der Waals surface area contributed by atoms with Crippen molar-refractivity contribution < 1.29 is 5.11 Å². The van der Waals surface area contributed by atoms with Crippen LogP contribution in [0, 0.1) is 0 Å². The fourth-order valence-electron chi connectivity index (χ4n) is 2.37. The lowest BCUT2D eigenvalue weighted by atomic mass is 10.0. The first-order valence-corrected chi connectivity index (χ1v) is 6.44. The number of hydrogen-bond donors (Lipinski definition) is 1. The molecule has 16 heavy (non-hydrogen) atoms. The smallest absolute Gasteiger partial charge is 0.142 e. The van der Waals surface area contributed by atoms with Crippen LogP contribution in [0.4, 0.5) is 5.82 Å². The number of nitrogens with zero attached hydrogens (tertiary/aromatic N) is 2. The monoisotopic (exact) mass is 284 g/mol. The molecule has 0 amide bonds. The van der Waals surface area contributed by atoms with Crippen molar-refractivity contribution in [2.75, 3.05) is 18.5 Å². The number of aromatic nitrogens is 1. The van der Waals surface area contributed by atoms with E-state index in [2.05, 4.69) is 20.9 Å². The summed E-state index contributed by atoms with van der Waals surface area (Å²) >= 11 is 3.48. The van der Waals surface area contributed by atoms with Crippen LogP contribution in [0.3, 0.4) is 0 Å². The van der Waals surface area contributed by atoms with Crippen molar-refractivity contribution in [2.24, 2.45) is 0 Å². The van der Waals surface area contributed by atoms with Crippen molar-refractivity contribution in [2.45, 2.75) is 31.3 Å². The first-order chi connectivity index (χ1) is 7.61. The highest BCUT2D eigenvalue weighted by Crippen LogP contribution is 2.32. The topological polar surface area (TPSA) is 36.4 Å². The largest absolute Gasteiger partial charge is 0.388 e. The second-order valence-electron chi connectivity index (χ2n) is 4.60. The summed E-state index contributed by atoms with van der Waals surface area (Å²) in [5, 5.41) is 10.3. The minimum Gasteiger partial charge on any atom is -0.388 e. The van der Waals surface area contributed by atoms with Crippen molar-refractivity contribution in [3.8, 4) is 0 Å². The first-order valence-electron chi connectivity index (χ1n) is 5.65. The molecule has 0 atom stereocenters. The number of likely N-dealkylation sites (N-methyl/N-ethyl adjacent to an activating group) is 1. The number of hydrogen-bond acceptors (Lipinski definition) is 3. The molecule has 1 saturated carbocycles. The molecule has 0 aromatic carbocycles. The van der Waals surface area contributed by atoms with E-state index in [1.807, 2.05) is 24.1 Å². The molecule has 0 radical (unpaired) electrons. The summed E-state index contributed by atoms with van der Waals surface area (Å²) in [6, 6.07) is 3.86. The normalized spacial score (nSPS) is 18.7. The highest BCUT2D eigenvalue weighted by molar-refractivity contribution is 9.10. The number of rotatable bonds is 3. The minimum atomic E-state index is -0.522. The van der Waals surface area contributed by atoms with E-state index < -0.39 is 5.60 Å². The standard InChI is InChI=1S/C12H17BrN2O/c1-15(9-12(16)6-2-3-7-12)11-10(13)5-4-8-14-11/h4-5,8,16H,2-3,6-7,9H2,1H3. The van der Waals surface area contributed by atoms with E-state index in [-0.39, 0.29) is 0 Å². The van der Waals surface area contributed by atoms with Crippen LogP contribution in [-0.4, -0.2) is 29.3 Å². The zero-order valence-electron chi connectivity index (χ0n) is 9.49. The van der Waals surface area contributed by atoms with E-state index in [0.29, 0.717) is 6.54 Å². The average Bonchev–Trinajstić information content (AvgIpc) is 2.65. The number of anilines is 1. The fourth-order valence-corrected chi connectivity index (χ4v) is 2.92. The number of aliphatic hydroxyl groups is 1. The molecule has 1 aromatic rings. The molecular weight excluding hydrogens is 268 g/mol. The van der Waals surface area contributed by atoms with Crippen LogP contribution < -0.4 is 4.90 Å². The summed E-state index contributed by atoms with van der Waals surface area (Å²) < 4.78 is 0.971. The maximum absolute atomic E-state index is 10.3. The molecule has 0 saturated heterocycles. The van der Waals surface area contributed by atoms with Gasteiger partial charge < -0.3 is 10.0 Å². The summed E-state index contributed by atoms with van der Waals surface area (Å²) in [6.07, 6.45) is 5.85. The minimum absolute atomic E-state index is 0.522. The maximum atomic E-state index is 10.3. The van der Waals surface area contributed by atoms with Gasteiger partial charge in [0.2, 0.25) is 0 Å². The first kappa shape index (κ1) is 11.9. The van der Waals surface area contributed by atoms with Gasteiger partial charge in [0.15, 0.2) is 0 Å². The van der Waals surface area contributed by atoms with Gasteiger partial charge >= 0.3 is 0 Å². The van der Waals surface area contributed by atoms with Crippen LogP contribution in [0.5, 0.6) is 0 Å². The molecule has 1 fully saturated rings. The van der Waals surface area contributed by atoms with Gasteiger partial charge in [-0.2, -0.15) is 0 Å². The van der Waals surface area contributed by atoms with Gasteiger partial charge in [0.05, 0.1) is 10.1 Å². The van der Waals surface area contributed by atoms with E-state index in [9.17, 15) is 5.11 Å². The second-order valence-corrected chi connectivity index (χ2v) is 5.45. The molecule has 88 valence electrons. The average molecular weight is 285 g/mol. The third kappa shape index (κ3) is 2.55. The Labute approximate surface area is 105 Å². The Morgan fingerprint density at radius 2 is 2.19 bits per heavy atom. The van der Waals surface area contributed by atoms with Crippen LogP contribution in [-0.2, 0) is 0 Å². The van der Waals surface area contributed by atoms with E-state index in [0.717, 1.165) is 36.0 Å². The van der Waals surface area contributed by atoms with Crippen LogP contribution in [0.2, 0.25) is 0 Å². The fraction of sp³-hybridized carbons (Fsp3) is 0.583.